The van der Waals surface area contributed by atoms with Gasteiger partial charge in [-0.15, -0.1) is 11.8 Å². The van der Waals surface area contributed by atoms with Crippen LogP contribution in [0.2, 0.25) is 5.02 Å². The van der Waals surface area contributed by atoms with Crippen molar-refractivity contribution in [3.63, 3.8) is 0 Å². The van der Waals surface area contributed by atoms with Crippen LogP contribution in [0.4, 0.5) is 0 Å². The summed E-state index contributed by atoms with van der Waals surface area (Å²) in [6, 6.07) is 6.28. The molecule has 1 atom stereocenters. The smallest absolute Gasteiger partial charge is 0.327 e. The van der Waals surface area contributed by atoms with Gasteiger partial charge < -0.3 is 14.7 Å². The first-order valence-electron chi connectivity index (χ1n) is 6.07. The first-order chi connectivity index (χ1) is 9.59. The van der Waals surface area contributed by atoms with Crippen LogP contribution >= 0.6 is 23.4 Å². The van der Waals surface area contributed by atoms with Crippen LogP contribution in [0.1, 0.15) is 6.42 Å². The SMILES string of the molecule is O=C(O)C1CSCN1C(=O)CCOc1ccccc1Cl. The largest absolute Gasteiger partial charge is 0.491 e. The van der Waals surface area contributed by atoms with Crippen LogP contribution in [0.15, 0.2) is 24.3 Å². The van der Waals surface area contributed by atoms with Crippen molar-refractivity contribution in [2.45, 2.75) is 12.5 Å². The minimum Gasteiger partial charge on any atom is -0.491 e. The van der Waals surface area contributed by atoms with E-state index in [1.165, 1.54) is 16.7 Å². The van der Waals surface area contributed by atoms with Crippen molar-refractivity contribution in [1.82, 2.24) is 4.90 Å². The number of carbonyl (C=O) groups excluding carboxylic acids is 1. The second-order valence-corrected chi connectivity index (χ2v) is 5.65. The molecule has 1 fully saturated rings. The van der Waals surface area contributed by atoms with Crippen molar-refractivity contribution in [1.29, 1.82) is 0 Å². The van der Waals surface area contributed by atoms with Crippen LogP contribution in [-0.2, 0) is 9.59 Å². The van der Waals surface area contributed by atoms with Gasteiger partial charge in [-0.05, 0) is 12.1 Å². The lowest BCUT2D eigenvalue weighted by Gasteiger charge is -2.20. The molecule has 1 N–H and O–H groups in total. The average molecular weight is 316 g/mol. The van der Waals surface area contributed by atoms with Crippen LogP contribution < -0.4 is 4.74 Å². The van der Waals surface area contributed by atoms with Crippen LogP contribution in [-0.4, -0.2) is 46.2 Å². The van der Waals surface area contributed by atoms with Gasteiger partial charge in [-0.2, -0.15) is 0 Å². The maximum Gasteiger partial charge on any atom is 0.327 e. The third-order valence-electron chi connectivity index (χ3n) is 2.90. The molecule has 1 aromatic rings. The first-order valence-corrected chi connectivity index (χ1v) is 7.60. The number of benzene rings is 1. The number of carbonyl (C=O) groups is 2. The number of carboxylic acid groups (broad SMARTS) is 1. The fraction of sp³-hybridized carbons (Fsp3) is 0.385. The standard InChI is InChI=1S/C13H14ClNO4S/c14-9-3-1-2-4-11(9)19-6-5-12(16)15-8-20-7-10(15)13(17)18/h1-4,10H,5-8H2,(H,17,18). The Hall–Kier alpha value is -1.40. The Labute approximate surface area is 125 Å². The van der Waals surface area contributed by atoms with Crippen molar-refractivity contribution in [2.24, 2.45) is 0 Å². The molecule has 0 saturated carbocycles. The Morgan fingerprint density at radius 1 is 1.45 bits per heavy atom. The van der Waals surface area contributed by atoms with E-state index in [-0.39, 0.29) is 18.9 Å². The number of hydrogen-bond acceptors (Lipinski definition) is 4. The van der Waals surface area contributed by atoms with Crippen LogP contribution in [0.5, 0.6) is 5.75 Å². The fourth-order valence-electron chi connectivity index (χ4n) is 1.85. The van der Waals surface area contributed by atoms with E-state index in [9.17, 15) is 9.59 Å². The zero-order chi connectivity index (χ0) is 14.5. The number of halogens is 1. The van der Waals surface area contributed by atoms with Gasteiger partial charge in [-0.1, -0.05) is 23.7 Å². The lowest BCUT2D eigenvalue weighted by molar-refractivity contribution is -0.147. The first kappa shape index (κ1) is 15.0. The quantitative estimate of drug-likeness (QED) is 0.901. The molecule has 1 aliphatic rings. The molecule has 1 heterocycles. The zero-order valence-corrected chi connectivity index (χ0v) is 12.2. The summed E-state index contributed by atoms with van der Waals surface area (Å²) < 4.78 is 5.43. The lowest BCUT2D eigenvalue weighted by atomic mass is 10.2. The molecule has 20 heavy (non-hydrogen) atoms. The molecule has 0 spiro atoms. The van der Waals surface area contributed by atoms with Crippen molar-refractivity contribution in [3.8, 4) is 5.75 Å². The minimum atomic E-state index is -0.963. The number of ether oxygens (including phenoxy) is 1. The average Bonchev–Trinajstić information content (AvgIpc) is 2.90. The predicted octanol–water partition coefficient (Wildman–Crippen LogP) is 2.09. The Bertz CT molecular complexity index is 511. The van der Waals surface area contributed by atoms with Crippen molar-refractivity contribution in [2.75, 3.05) is 18.2 Å². The number of para-hydroxylation sites is 1. The second kappa shape index (κ2) is 6.85. The highest BCUT2D eigenvalue weighted by Gasteiger charge is 2.34. The van der Waals surface area contributed by atoms with Crippen LogP contribution in [0, 0.1) is 0 Å². The van der Waals surface area contributed by atoms with E-state index in [0.717, 1.165) is 0 Å². The van der Waals surface area contributed by atoms with E-state index in [4.69, 9.17) is 21.4 Å². The number of thioether (sulfide) groups is 1. The van der Waals surface area contributed by atoms with Crippen LogP contribution in [0.3, 0.4) is 0 Å². The number of hydrogen-bond donors (Lipinski definition) is 1. The molecule has 1 amide bonds. The van der Waals surface area contributed by atoms with Crippen molar-refractivity contribution >= 4 is 35.2 Å². The van der Waals surface area contributed by atoms with Gasteiger partial charge >= 0.3 is 5.97 Å². The summed E-state index contributed by atoms with van der Waals surface area (Å²) in [4.78, 5) is 24.3. The topological polar surface area (TPSA) is 66.8 Å². The molecule has 0 aliphatic carbocycles. The Kier molecular flexibility index (Phi) is 5.14. The fourth-order valence-corrected chi connectivity index (χ4v) is 3.21. The summed E-state index contributed by atoms with van der Waals surface area (Å²) in [6.07, 6.45) is 0.134. The summed E-state index contributed by atoms with van der Waals surface area (Å²) in [7, 11) is 0. The molecule has 2 rings (SSSR count). The normalized spacial score (nSPS) is 18.1. The summed E-state index contributed by atoms with van der Waals surface area (Å²) in [6.45, 7) is 0.177. The maximum atomic E-state index is 12.0. The van der Waals surface area contributed by atoms with Gasteiger partial charge in [0.2, 0.25) is 5.91 Å². The third kappa shape index (κ3) is 3.58. The van der Waals surface area contributed by atoms with E-state index in [1.54, 1.807) is 24.3 Å². The van der Waals surface area contributed by atoms with Crippen molar-refractivity contribution < 1.29 is 19.4 Å². The summed E-state index contributed by atoms with van der Waals surface area (Å²) >= 11 is 7.37. The molecule has 1 aliphatic heterocycles. The van der Waals surface area contributed by atoms with Gasteiger partial charge in [-0.3, -0.25) is 4.79 Å². The van der Waals surface area contributed by atoms with E-state index < -0.39 is 12.0 Å². The highest BCUT2D eigenvalue weighted by atomic mass is 35.5. The molecular formula is C13H14ClNO4S. The molecule has 0 bridgehead atoms. The number of nitrogens with zero attached hydrogens (tertiary/aromatic N) is 1. The molecule has 1 unspecified atom stereocenters. The number of amides is 1. The molecule has 5 nitrogen and oxygen atoms in total. The molecule has 7 heteroatoms. The van der Waals surface area contributed by atoms with Gasteiger partial charge in [0.25, 0.3) is 0 Å². The predicted molar refractivity (Wildman–Crippen MR) is 77.2 cm³/mol. The molecule has 108 valence electrons. The van der Waals surface area contributed by atoms with E-state index in [0.29, 0.717) is 22.4 Å². The van der Waals surface area contributed by atoms with E-state index in [2.05, 4.69) is 0 Å². The van der Waals surface area contributed by atoms with E-state index >= 15 is 0 Å². The highest BCUT2D eigenvalue weighted by molar-refractivity contribution is 7.99. The molecule has 1 saturated heterocycles. The van der Waals surface area contributed by atoms with Crippen molar-refractivity contribution in [3.05, 3.63) is 29.3 Å². The monoisotopic (exact) mass is 315 g/mol. The zero-order valence-electron chi connectivity index (χ0n) is 10.6. The summed E-state index contributed by atoms with van der Waals surface area (Å²) in [5.41, 5.74) is 0. The molecule has 0 aromatic heterocycles. The summed E-state index contributed by atoms with van der Waals surface area (Å²) in [5.74, 6) is 0.200. The van der Waals surface area contributed by atoms with Crippen LogP contribution in [0.25, 0.3) is 0 Å². The Morgan fingerprint density at radius 2 is 2.20 bits per heavy atom. The van der Waals surface area contributed by atoms with Gasteiger partial charge in [-0.25, -0.2) is 4.79 Å². The molecular weight excluding hydrogens is 302 g/mol. The lowest BCUT2D eigenvalue weighted by Crippen LogP contribution is -2.42. The Morgan fingerprint density at radius 3 is 2.90 bits per heavy atom. The van der Waals surface area contributed by atoms with E-state index in [1.807, 2.05) is 0 Å². The molecule has 0 radical (unpaired) electrons. The second-order valence-electron chi connectivity index (χ2n) is 4.25. The third-order valence-corrected chi connectivity index (χ3v) is 4.22. The maximum absolute atomic E-state index is 12.0. The highest BCUT2D eigenvalue weighted by Crippen LogP contribution is 2.24. The van der Waals surface area contributed by atoms with Gasteiger partial charge in [0.15, 0.2) is 0 Å². The molecule has 1 aromatic carbocycles. The minimum absolute atomic E-state index is 0.134. The number of rotatable bonds is 5. The van der Waals surface area contributed by atoms with Gasteiger partial charge in [0, 0.05) is 5.75 Å². The van der Waals surface area contributed by atoms with Gasteiger partial charge in [0.05, 0.1) is 23.9 Å². The summed E-state index contributed by atoms with van der Waals surface area (Å²) in [5, 5.41) is 9.50. The Balaban J connectivity index is 1.84. The van der Waals surface area contributed by atoms with Gasteiger partial charge in [0.1, 0.15) is 11.8 Å². The number of aliphatic carboxylic acids is 1. The number of carboxylic acids is 1.